The van der Waals surface area contributed by atoms with E-state index in [1.165, 1.54) is 4.90 Å². The molecule has 1 aromatic rings. The SMILES string of the molecule is O=C(CCC(F)(F)F)N1CCC(C(=O)O)(c2ccccc2)CC1. The van der Waals surface area contributed by atoms with Gasteiger partial charge in [0.15, 0.2) is 0 Å². The van der Waals surface area contributed by atoms with Crippen LogP contribution in [-0.4, -0.2) is 41.1 Å². The first-order valence-electron chi connectivity index (χ1n) is 7.38. The van der Waals surface area contributed by atoms with Crippen LogP contribution in [-0.2, 0) is 15.0 Å². The minimum absolute atomic E-state index is 0.151. The van der Waals surface area contributed by atoms with Crippen LogP contribution in [0.1, 0.15) is 31.2 Å². The van der Waals surface area contributed by atoms with Crippen molar-refractivity contribution in [3.8, 4) is 0 Å². The van der Waals surface area contributed by atoms with Crippen LogP contribution in [0.15, 0.2) is 30.3 Å². The summed E-state index contributed by atoms with van der Waals surface area (Å²) in [6.07, 6.45) is -5.70. The van der Waals surface area contributed by atoms with Gasteiger partial charge in [-0.15, -0.1) is 0 Å². The monoisotopic (exact) mass is 329 g/mol. The molecule has 1 N–H and O–H groups in total. The molecule has 0 aliphatic carbocycles. The maximum absolute atomic E-state index is 12.2. The van der Waals surface area contributed by atoms with Crippen LogP contribution >= 0.6 is 0 Å². The van der Waals surface area contributed by atoms with Crippen LogP contribution in [0.4, 0.5) is 13.2 Å². The van der Waals surface area contributed by atoms with E-state index in [9.17, 15) is 27.9 Å². The summed E-state index contributed by atoms with van der Waals surface area (Å²) in [5.74, 6) is -1.54. The fraction of sp³-hybridized carbons (Fsp3) is 0.500. The number of benzene rings is 1. The van der Waals surface area contributed by atoms with Gasteiger partial charge in [0, 0.05) is 19.5 Å². The van der Waals surface area contributed by atoms with Gasteiger partial charge in [-0.25, -0.2) is 0 Å². The fourth-order valence-electron chi connectivity index (χ4n) is 2.93. The van der Waals surface area contributed by atoms with Crippen molar-refractivity contribution >= 4 is 11.9 Å². The van der Waals surface area contributed by atoms with E-state index in [1.807, 2.05) is 0 Å². The molecule has 1 aromatic carbocycles. The molecule has 23 heavy (non-hydrogen) atoms. The lowest BCUT2D eigenvalue weighted by atomic mass is 9.73. The van der Waals surface area contributed by atoms with Crippen molar-refractivity contribution in [2.75, 3.05) is 13.1 Å². The number of amides is 1. The predicted molar refractivity (Wildman–Crippen MR) is 76.9 cm³/mol. The second-order valence-electron chi connectivity index (χ2n) is 5.75. The maximum atomic E-state index is 12.2. The van der Waals surface area contributed by atoms with Crippen LogP contribution in [0.2, 0.25) is 0 Å². The highest BCUT2D eigenvalue weighted by Gasteiger charge is 2.44. The smallest absolute Gasteiger partial charge is 0.389 e. The van der Waals surface area contributed by atoms with E-state index in [2.05, 4.69) is 0 Å². The van der Waals surface area contributed by atoms with Gasteiger partial charge >= 0.3 is 12.1 Å². The largest absolute Gasteiger partial charge is 0.481 e. The number of piperidine rings is 1. The number of hydrogen-bond acceptors (Lipinski definition) is 2. The number of carbonyl (C=O) groups is 2. The van der Waals surface area contributed by atoms with Crippen LogP contribution in [0.3, 0.4) is 0 Å². The molecule has 1 aliphatic heterocycles. The molecule has 1 heterocycles. The van der Waals surface area contributed by atoms with Gasteiger partial charge in [0.2, 0.25) is 5.91 Å². The second-order valence-corrected chi connectivity index (χ2v) is 5.75. The lowest BCUT2D eigenvalue weighted by Crippen LogP contribution is -2.49. The third-order valence-corrected chi connectivity index (χ3v) is 4.33. The first-order valence-corrected chi connectivity index (χ1v) is 7.38. The molecule has 0 saturated carbocycles. The number of nitrogens with zero attached hydrogens (tertiary/aromatic N) is 1. The molecule has 7 heteroatoms. The first kappa shape index (κ1) is 17.3. The first-order chi connectivity index (χ1) is 10.7. The number of carbonyl (C=O) groups excluding carboxylic acids is 1. The third kappa shape index (κ3) is 4.03. The van der Waals surface area contributed by atoms with Crippen molar-refractivity contribution in [3.05, 3.63) is 35.9 Å². The average Bonchev–Trinajstić information content (AvgIpc) is 2.52. The Kier molecular flexibility index (Phi) is 4.97. The lowest BCUT2D eigenvalue weighted by Gasteiger charge is -2.39. The van der Waals surface area contributed by atoms with Gasteiger partial charge in [-0.1, -0.05) is 30.3 Å². The number of rotatable bonds is 4. The molecule has 0 atom stereocenters. The van der Waals surface area contributed by atoms with Gasteiger partial charge in [-0.05, 0) is 18.4 Å². The summed E-state index contributed by atoms with van der Waals surface area (Å²) >= 11 is 0. The minimum atomic E-state index is -4.36. The average molecular weight is 329 g/mol. The Morgan fingerprint density at radius 2 is 1.70 bits per heavy atom. The molecule has 1 fully saturated rings. The Hall–Kier alpha value is -2.05. The summed E-state index contributed by atoms with van der Waals surface area (Å²) in [4.78, 5) is 24.9. The Labute approximate surface area is 131 Å². The summed E-state index contributed by atoms with van der Waals surface area (Å²) in [7, 11) is 0. The summed E-state index contributed by atoms with van der Waals surface area (Å²) in [5.41, 5.74) is -0.419. The normalized spacial score (nSPS) is 17.8. The lowest BCUT2D eigenvalue weighted by molar-refractivity contribution is -0.152. The van der Waals surface area contributed by atoms with E-state index >= 15 is 0 Å². The molecule has 1 saturated heterocycles. The summed E-state index contributed by atoms with van der Waals surface area (Å²) in [6.45, 7) is 0.301. The van der Waals surface area contributed by atoms with Crippen molar-refractivity contribution < 1.29 is 27.9 Å². The molecule has 0 aromatic heterocycles. The predicted octanol–water partition coefficient (Wildman–Crippen LogP) is 2.97. The van der Waals surface area contributed by atoms with E-state index in [0.29, 0.717) is 5.56 Å². The standard InChI is InChI=1S/C16H18F3NO3/c17-16(18,19)7-6-13(21)20-10-8-15(9-11-20,14(22)23)12-4-2-1-3-5-12/h1-5H,6-11H2,(H,22,23). The van der Waals surface area contributed by atoms with Crippen molar-refractivity contribution in [1.82, 2.24) is 4.90 Å². The second kappa shape index (κ2) is 6.60. The number of halogens is 3. The summed E-state index contributed by atoms with van der Waals surface area (Å²) in [5, 5.41) is 9.62. The van der Waals surface area contributed by atoms with E-state index in [0.717, 1.165) is 0 Å². The van der Waals surface area contributed by atoms with E-state index < -0.39 is 36.3 Å². The number of likely N-dealkylation sites (tertiary alicyclic amines) is 1. The van der Waals surface area contributed by atoms with Gasteiger partial charge in [0.1, 0.15) is 0 Å². The van der Waals surface area contributed by atoms with Gasteiger partial charge in [-0.3, -0.25) is 9.59 Å². The van der Waals surface area contributed by atoms with Gasteiger partial charge in [0.25, 0.3) is 0 Å². The van der Waals surface area contributed by atoms with E-state index in [4.69, 9.17) is 0 Å². The number of carboxylic acid groups (broad SMARTS) is 1. The molecule has 0 unspecified atom stereocenters. The highest BCUT2D eigenvalue weighted by Crippen LogP contribution is 2.36. The van der Waals surface area contributed by atoms with Crippen molar-refractivity contribution in [1.29, 1.82) is 0 Å². The molecule has 0 radical (unpaired) electrons. The van der Waals surface area contributed by atoms with Gasteiger partial charge < -0.3 is 10.0 Å². The Bertz CT molecular complexity index is 564. The molecule has 0 spiro atoms. The molecule has 0 bridgehead atoms. The Morgan fingerprint density at radius 1 is 1.13 bits per heavy atom. The molecule has 4 nitrogen and oxygen atoms in total. The molecular weight excluding hydrogens is 311 g/mol. The number of aliphatic carboxylic acids is 1. The summed E-state index contributed by atoms with van der Waals surface area (Å²) < 4.78 is 36.6. The zero-order valence-corrected chi connectivity index (χ0v) is 12.5. The van der Waals surface area contributed by atoms with Crippen molar-refractivity contribution in [3.63, 3.8) is 0 Å². The highest BCUT2D eigenvalue weighted by atomic mass is 19.4. The van der Waals surface area contributed by atoms with Crippen LogP contribution in [0, 0.1) is 0 Å². The highest BCUT2D eigenvalue weighted by molar-refractivity contribution is 5.82. The van der Waals surface area contributed by atoms with Crippen LogP contribution in [0.5, 0.6) is 0 Å². The Balaban J connectivity index is 2.03. The van der Waals surface area contributed by atoms with Crippen LogP contribution in [0.25, 0.3) is 0 Å². The Morgan fingerprint density at radius 3 is 2.17 bits per heavy atom. The van der Waals surface area contributed by atoms with Gasteiger partial charge in [-0.2, -0.15) is 13.2 Å². The topological polar surface area (TPSA) is 57.6 Å². The fourth-order valence-corrected chi connectivity index (χ4v) is 2.93. The van der Waals surface area contributed by atoms with Gasteiger partial charge in [0.05, 0.1) is 11.8 Å². The number of hydrogen-bond donors (Lipinski definition) is 1. The minimum Gasteiger partial charge on any atom is -0.481 e. The molecular formula is C16H18F3NO3. The molecule has 1 amide bonds. The molecule has 126 valence electrons. The molecule has 2 rings (SSSR count). The number of carboxylic acids is 1. The van der Waals surface area contributed by atoms with Crippen molar-refractivity contribution in [2.45, 2.75) is 37.3 Å². The third-order valence-electron chi connectivity index (χ3n) is 4.33. The van der Waals surface area contributed by atoms with Crippen LogP contribution < -0.4 is 0 Å². The zero-order chi connectivity index (χ0) is 17.1. The quantitative estimate of drug-likeness (QED) is 0.924. The number of alkyl halides is 3. The molecule has 1 aliphatic rings. The van der Waals surface area contributed by atoms with Crippen molar-refractivity contribution in [2.24, 2.45) is 0 Å². The maximum Gasteiger partial charge on any atom is 0.389 e. The van der Waals surface area contributed by atoms with E-state index in [-0.39, 0.29) is 25.9 Å². The van der Waals surface area contributed by atoms with E-state index in [1.54, 1.807) is 30.3 Å². The summed E-state index contributed by atoms with van der Waals surface area (Å²) in [6, 6.07) is 8.75. The zero-order valence-electron chi connectivity index (χ0n) is 12.5.